The lowest BCUT2D eigenvalue weighted by Gasteiger charge is -2.29. The number of amides is 1. The van der Waals surface area contributed by atoms with Crippen LogP contribution >= 0.6 is 0 Å². The van der Waals surface area contributed by atoms with Crippen LogP contribution in [0.25, 0.3) is 0 Å². The first-order valence-electron chi connectivity index (χ1n) is 11.2. The molecular weight excluding hydrogens is 445 g/mol. The summed E-state index contributed by atoms with van der Waals surface area (Å²) in [5.74, 6) is 0.619. The normalized spacial score (nSPS) is 14.8. The van der Waals surface area contributed by atoms with Crippen LogP contribution in [0.1, 0.15) is 29.7 Å². The van der Waals surface area contributed by atoms with Crippen molar-refractivity contribution in [2.45, 2.75) is 26.5 Å². The van der Waals surface area contributed by atoms with Crippen molar-refractivity contribution < 1.29 is 13.9 Å². The number of hydrogen-bond acceptors (Lipinski definition) is 5. The number of aryl methyl sites for hydroxylation is 1. The lowest BCUT2D eigenvalue weighted by atomic mass is 9.95. The van der Waals surface area contributed by atoms with E-state index in [0.29, 0.717) is 28.5 Å². The number of fused-ring (bicyclic) bond motifs is 1. The number of benzene rings is 3. The summed E-state index contributed by atoms with van der Waals surface area (Å²) in [6.45, 7) is 3.92. The number of rotatable bonds is 6. The van der Waals surface area contributed by atoms with E-state index in [9.17, 15) is 9.18 Å². The van der Waals surface area contributed by atoms with Crippen molar-refractivity contribution in [3.63, 3.8) is 0 Å². The minimum atomic E-state index is -0.488. The highest BCUT2D eigenvalue weighted by Crippen LogP contribution is 2.36. The van der Waals surface area contributed by atoms with Gasteiger partial charge in [-0.3, -0.25) is 4.79 Å². The second-order valence-corrected chi connectivity index (χ2v) is 8.31. The van der Waals surface area contributed by atoms with Gasteiger partial charge < -0.3 is 15.4 Å². The highest BCUT2D eigenvalue weighted by Gasteiger charge is 2.33. The molecule has 2 heterocycles. The van der Waals surface area contributed by atoms with Crippen LogP contribution in [-0.4, -0.2) is 20.7 Å². The Morgan fingerprint density at radius 1 is 1.06 bits per heavy atom. The minimum absolute atomic E-state index is 0.121. The molecule has 1 aliphatic heterocycles. The number of hydrogen-bond donors (Lipinski definition) is 2. The largest absolute Gasteiger partial charge is 0.489 e. The van der Waals surface area contributed by atoms with Crippen LogP contribution in [0.3, 0.4) is 0 Å². The monoisotopic (exact) mass is 469 g/mol. The Morgan fingerprint density at radius 3 is 2.57 bits per heavy atom. The Morgan fingerprint density at radius 2 is 1.80 bits per heavy atom. The maximum atomic E-state index is 13.9. The molecule has 3 aromatic carbocycles. The zero-order chi connectivity index (χ0) is 24.4. The van der Waals surface area contributed by atoms with Crippen molar-refractivity contribution in [2.24, 2.45) is 0 Å². The van der Waals surface area contributed by atoms with Gasteiger partial charge in [0.05, 0.1) is 5.57 Å². The fraction of sp³-hybridized carbons (Fsp3) is 0.148. The first-order chi connectivity index (χ1) is 17.0. The highest BCUT2D eigenvalue weighted by atomic mass is 19.1. The van der Waals surface area contributed by atoms with E-state index < -0.39 is 6.04 Å². The lowest BCUT2D eigenvalue weighted by Crippen LogP contribution is -2.31. The van der Waals surface area contributed by atoms with Crippen LogP contribution in [-0.2, 0) is 11.4 Å². The standard InChI is InChI=1S/C27H24FN5O2/c1-17-7-3-6-10-23(17)32-26(34)24-18(2)31-27-29-16-30-33(27)25(24)19-11-13-21(14-12-19)35-15-20-8-4-5-9-22(20)28/h3-14,16,25H,15H2,1-2H3,(H,32,34)(H,29,30,31)/t25-/m1/s1. The van der Waals surface area contributed by atoms with Gasteiger partial charge in [-0.25, -0.2) is 9.07 Å². The number of nitrogens with zero attached hydrogens (tertiary/aromatic N) is 3. The number of carbonyl (C=O) groups is 1. The van der Waals surface area contributed by atoms with Crippen molar-refractivity contribution >= 4 is 17.5 Å². The van der Waals surface area contributed by atoms with Gasteiger partial charge in [0.2, 0.25) is 5.95 Å². The minimum Gasteiger partial charge on any atom is -0.489 e. The van der Waals surface area contributed by atoms with E-state index in [0.717, 1.165) is 16.8 Å². The Labute approximate surface area is 202 Å². The first kappa shape index (κ1) is 22.3. The molecule has 0 spiro atoms. The van der Waals surface area contributed by atoms with Crippen molar-refractivity contribution in [3.05, 3.63) is 113 Å². The molecule has 0 saturated carbocycles. The molecule has 0 unspecified atom stereocenters. The predicted octanol–water partition coefficient (Wildman–Crippen LogP) is 5.23. The van der Waals surface area contributed by atoms with Crippen molar-refractivity contribution in [1.29, 1.82) is 0 Å². The molecule has 1 amide bonds. The Bertz CT molecular complexity index is 1410. The molecule has 0 aliphatic carbocycles. The Balaban J connectivity index is 1.42. The van der Waals surface area contributed by atoms with Gasteiger partial charge in [-0.2, -0.15) is 10.1 Å². The van der Waals surface area contributed by atoms with Crippen LogP contribution < -0.4 is 15.4 Å². The molecule has 0 bridgehead atoms. The number of halogens is 1. The summed E-state index contributed by atoms with van der Waals surface area (Å²) in [6, 6.07) is 21.0. The van der Waals surface area contributed by atoms with E-state index in [1.807, 2.05) is 50.2 Å². The lowest BCUT2D eigenvalue weighted by molar-refractivity contribution is -0.113. The third-order valence-electron chi connectivity index (χ3n) is 5.98. The van der Waals surface area contributed by atoms with Crippen LogP contribution in [0.15, 0.2) is 90.4 Å². The molecule has 7 nitrogen and oxygen atoms in total. The summed E-state index contributed by atoms with van der Waals surface area (Å²) in [5.41, 5.74) is 4.27. The van der Waals surface area contributed by atoms with Gasteiger partial charge in [-0.05, 0) is 49.2 Å². The zero-order valence-corrected chi connectivity index (χ0v) is 19.3. The van der Waals surface area contributed by atoms with Crippen molar-refractivity contribution in [1.82, 2.24) is 14.8 Å². The van der Waals surface area contributed by atoms with Gasteiger partial charge in [-0.1, -0.05) is 48.5 Å². The first-order valence-corrected chi connectivity index (χ1v) is 11.2. The van der Waals surface area contributed by atoms with E-state index in [1.165, 1.54) is 12.4 Å². The molecule has 4 aromatic rings. The zero-order valence-electron chi connectivity index (χ0n) is 19.3. The molecule has 0 radical (unpaired) electrons. The van der Waals surface area contributed by atoms with Crippen LogP contribution in [0.4, 0.5) is 16.0 Å². The summed E-state index contributed by atoms with van der Waals surface area (Å²) >= 11 is 0. The van der Waals surface area contributed by atoms with Gasteiger partial charge in [0, 0.05) is 16.9 Å². The number of para-hydroxylation sites is 1. The maximum absolute atomic E-state index is 13.9. The summed E-state index contributed by atoms with van der Waals surface area (Å²) in [7, 11) is 0. The summed E-state index contributed by atoms with van der Waals surface area (Å²) in [6.07, 6.45) is 1.46. The molecule has 8 heteroatoms. The average Bonchev–Trinajstić information content (AvgIpc) is 3.32. The predicted molar refractivity (Wildman–Crippen MR) is 131 cm³/mol. The summed E-state index contributed by atoms with van der Waals surface area (Å²) in [5, 5.41) is 10.6. The molecule has 0 fully saturated rings. The van der Waals surface area contributed by atoms with Gasteiger partial charge in [-0.15, -0.1) is 0 Å². The molecular formula is C27H24FN5O2. The smallest absolute Gasteiger partial charge is 0.255 e. The SMILES string of the molecule is CC1=C(C(=O)Nc2ccccc2C)[C@@H](c2ccc(OCc3ccccc3F)cc2)n2ncnc2N1. The highest BCUT2D eigenvalue weighted by molar-refractivity contribution is 6.06. The van der Waals surface area contributed by atoms with E-state index in [-0.39, 0.29) is 18.3 Å². The molecule has 2 N–H and O–H groups in total. The molecule has 1 atom stereocenters. The molecule has 0 saturated heterocycles. The van der Waals surface area contributed by atoms with Crippen LogP contribution in [0.2, 0.25) is 0 Å². The van der Waals surface area contributed by atoms with Gasteiger partial charge in [0.15, 0.2) is 0 Å². The fourth-order valence-corrected chi connectivity index (χ4v) is 4.12. The van der Waals surface area contributed by atoms with E-state index in [4.69, 9.17) is 4.74 Å². The Kier molecular flexibility index (Phi) is 6.01. The van der Waals surface area contributed by atoms with Gasteiger partial charge in [0.1, 0.15) is 30.5 Å². The van der Waals surface area contributed by atoms with Crippen molar-refractivity contribution in [3.8, 4) is 5.75 Å². The maximum Gasteiger partial charge on any atom is 0.255 e. The van der Waals surface area contributed by atoms with E-state index in [2.05, 4.69) is 20.7 Å². The third-order valence-corrected chi connectivity index (χ3v) is 5.98. The number of anilines is 2. The molecule has 35 heavy (non-hydrogen) atoms. The molecule has 176 valence electrons. The molecule has 1 aliphatic rings. The van der Waals surface area contributed by atoms with Crippen LogP contribution in [0.5, 0.6) is 5.75 Å². The van der Waals surface area contributed by atoms with Gasteiger partial charge >= 0.3 is 0 Å². The fourth-order valence-electron chi connectivity index (χ4n) is 4.12. The average molecular weight is 470 g/mol. The second kappa shape index (κ2) is 9.42. The van der Waals surface area contributed by atoms with Gasteiger partial charge in [0.25, 0.3) is 5.91 Å². The number of nitrogens with one attached hydrogen (secondary N) is 2. The molecule has 1 aromatic heterocycles. The number of aromatic nitrogens is 3. The molecule has 5 rings (SSSR count). The van der Waals surface area contributed by atoms with Crippen molar-refractivity contribution in [2.75, 3.05) is 10.6 Å². The quantitative estimate of drug-likeness (QED) is 0.404. The van der Waals surface area contributed by atoms with E-state index >= 15 is 0 Å². The number of ether oxygens (including phenoxy) is 1. The Hall–Kier alpha value is -4.46. The summed E-state index contributed by atoms with van der Waals surface area (Å²) < 4.78 is 21.4. The van der Waals surface area contributed by atoms with Crippen LogP contribution in [0, 0.1) is 12.7 Å². The second-order valence-electron chi connectivity index (χ2n) is 8.31. The third kappa shape index (κ3) is 4.50. The number of allylic oxidation sites excluding steroid dienone is 1. The topological polar surface area (TPSA) is 81.1 Å². The summed E-state index contributed by atoms with van der Waals surface area (Å²) in [4.78, 5) is 17.8. The number of carbonyl (C=O) groups excluding carboxylic acids is 1. The van der Waals surface area contributed by atoms with E-state index in [1.54, 1.807) is 35.0 Å².